The first-order valence-electron chi connectivity index (χ1n) is 12.8. The Bertz CT molecular complexity index is 1490. The number of benzene rings is 4. The van der Waals surface area contributed by atoms with Gasteiger partial charge in [-0.05, 0) is 60.7 Å². The second kappa shape index (κ2) is 10.9. The summed E-state index contributed by atoms with van der Waals surface area (Å²) in [5, 5.41) is 3.08. The minimum atomic E-state index is -0.589. The number of primary amides is 1. The van der Waals surface area contributed by atoms with Gasteiger partial charge in [0.1, 0.15) is 5.82 Å². The van der Waals surface area contributed by atoms with Crippen molar-refractivity contribution in [3.63, 3.8) is 0 Å². The van der Waals surface area contributed by atoms with E-state index in [1.165, 1.54) is 0 Å². The van der Waals surface area contributed by atoms with Gasteiger partial charge in [-0.25, -0.2) is 4.39 Å². The molecule has 0 spiro atoms. The third-order valence-corrected chi connectivity index (χ3v) is 7.13. The Balaban J connectivity index is 1.37. The third-order valence-electron chi connectivity index (χ3n) is 7.13. The number of nitrogens with zero attached hydrogens (tertiary/aromatic N) is 1. The average Bonchev–Trinajstić information content (AvgIpc) is 2.94. The van der Waals surface area contributed by atoms with Crippen molar-refractivity contribution in [1.29, 1.82) is 0 Å². The van der Waals surface area contributed by atoms with Crippen LogP contribution < -0.4 is 16.0 Å². The van der Waals surface area contributed by atoms with Crippen LogP contribution in [0.5, 0.6) is 0 Å². The number of halogens is 1. The average molecular weight is 508 g/mol. The van der Waals surface area contributed by atoms with E-state index < -0.39 is 5.91 Å². The monoisotopic (exact) mass is 507 g/mol. The maximum Gasteiger partial charge on any atom is 0.251 e. The van der Waals surface area contributed by atoms with Gasteiger partial charge >= 0.3 is 0 Å². The third kappa shape index (κ3) is 5.16. The van der Waals surface area contributed by atoms with Gasteiger partial charge in [0.2, 0.25) is 5.91 Å². The van der Waals surface area contributed by atoms with E-state index in [-0.39, 0.29) is 17.8 Å². The van der Waals surface area contributed by atoms with Crippen LogP contribution in [-0.2, 0) is 13.0 Å². The van der Waals surface area contributed by atoms with Gasteiger partial charge in [0.05, 0.1) is 6.04 Å². The number of carbonyl (C=O) groups is 2. The molecular formula is C32H30FN3O2. The molecule has 4 aromatic carbocycles. The number of aryl methyl sites for hydroxylation is 1. The highest BCUT2D eigenvalue weighted by atomic mass is 19.1. The zero-order chi connectivity index (χ0) is 26.6. The molecule has 3 N–H and O–H groups in total. The van der Waals surface area contributed by atoms with Gasteiger partial charge in [-0.2, -0.15) is 0 Å². The first-order valence-corrected chi connectivity index (χ1v) is 12.8. The van der Waals surface area contributed by atoms with Crippen molar-refractivity contribution in [1.82, 2.24) is 5.32 Å². The summed E-state index contributed by atoms with van der Waals surface area (Å²) in [5.74, 6) is -1.07. The molecule has 6 heteroatoms. The minimum Gasteiger partial charge on any atom is -0.367 e. The van der Waals surface area contributed by atoms with Gasteiger partial charge in [0.15, 0.2) is 0 Å². The molecule has 1 aliphatic rings. The molecule has 0 saturated carbocycles. The van der Waals surface area contributed by atoms with Crippen LogP contribution in [0.1, 0.15) is 56.8 Å². The van der Waals surface area contributed by atoms with E-state index in [4.69, 9.17) is 5.73 Å². The summed E-state index contributed by atoms with van der Waals surface area (Å²) in [6.07, 6.45) is 1.76. The van der Waals surface area contributed by atoms with Crippen LogP contribution in [0.4, 0.5) is 10.1 Å². The number of nitrogens with two attached hydrogens (primary N) is 1. The molecule has 4 aromatic rings. The summed E-state index contributed by atoms with van der Waals surface area (Å²) in [5.41, 5.74) is 10.9. The molecule has 2 amide bonds. The molecule has 5 rings (SSSR count). The number of nitrogens with one attached hydrogen (secondary N) is 1. The minimum absolute atomic E-state index is 0.105. The molecule has 0 saturated heterocycles. The maximum atomic E-state index is 15.7. The van der Waals surface area contributed by atoms with Crippen molar-refractivity contribution >= 4 is 17.5 Å². The zero-order valence-corrected chi connectivity index (χ0v) is 21.3. The number of hydrogen-bond acceptors (Lipinski definition) is 3. The van der Waals surface area contributed by atoms with Crippen molar-refractivity contribution in [2.45, 2.75) is 32.4 Å². The Kier molecular flexibility index (Phi) is 7.22. The fourth-order valence-corrected chi connectivity index (χ4v) is 5.13. The van der Waals surface area contributed by atoms with Crippen molar-refractivity contribution in [2.75, 3.05) is 11.4 Å². The number of hydrogen-bond donors (Lipinski definition) is 2. The number of fused-ring (bicyclic) bond motifs is 1. The van der Waals surface area contributed by atoms with Gasteiger partial charge in [0, 0.05) is 41.0 Å². The standard InChI is InChI=1S/C32H30FN3O2/c1-21(22-9-3-2-4-10-22)35-32(38)24-16-17-29-23(19-24)12-8-18-36(29)20-25-11-7-15-27(30(25)33)26-13-5-6-14-28(26)31(34)37/h2-7,9-11,13-17,19,21H,8,12,18,20H2,1H3,(H2,34,37)(H,35,38)/t21-/m0/s1. The van der Waals surface area contributed by atoms with Crippen molar-refractivity contribution in [2.24, 2.45) is 5.73 Å². The Morgan fingerprint density at radius 2 is 1.68 bits per heavy atom. The van der Waals surface area contributed by atoms with E-state index in [2.05, 4.69) is 10.2 Å². The smallest absolute Gasteiger partial charge is 0.251 e. The lowest BCUT2D eigenvalue weighted by Gasteiger charge is -2.32. The summed E-state index contributed by atoms with van der Waals surface area (Å²) in [6.45, 7) is 3.13. The molecule has 0 aromatic heterocycles. The van der Waals surface area contributed by atoms with Gasteiger partial charge in [-0.3, -0.25) is 9.59 Å². The van der Waals surface area contributed by atoms with E-state index in [1.807, 2.05) is 55.5 Å². The van der Waals surface area contributed by atoms with Crippen molar-refractivity contribution < 1.29 is 14.0 Å². The van der Waals surface area contributed by atoms with E-state index in [0.717, 1.165) is 36.2 Å². The molecule has 1 atom stereocenters. The summed E-state index contributed by atoms with van der Waals surface area (Å²) in [7, 11) is 0. The Hall–Kier alpha value is -4.45. The van der Waals surface area contributed by atoms with Crippen molar-refractivity contribution in [3.8, 4) is 11.1 Å². The highest BCUT2D eigenvalue weighted by Gasteiger charge is 2.22. The Morgan fingerprint density at radius 3 is 2.47 bits per heavy atom. The predicted octanol–water partition coefficient (Wildman–Crippen LogP) is 6.04. The van der Waals surface area contributed by atoms with Crippen LogP contribution in [0.2, 0.25) is 0 Å². The molecule has 0 aliphatic carbocycles. The second-order valence-electron chi connectivity index (χ2n) is 9.66. The topological polar surface area (TPSA) is 75.4 Å². The lowest BCUT2D eigenvalue weighted by molar-refractivity contribution is 0.0938. The lowest BCUT2D eigenvalue weighted by atomic mass is 9.95. The fraction of sp³-hybridized carbons (Fsp3) is 0.188. The van der Waals surface area contributed by atoms with E-state index in [9.17, 15) is 9.59 Å². The fourth-order valence-electron chi connectivity index (χ4n) is 5.13. The van der Waals surface area contributed by atoms with Crippen LogP contribution in [0.3, 0.4) is 0 Å². The van der Waals surface area contributed by atoms with E-state index in [0.29, 0.717) is 34.4 Å². The predicted molar refractivity (Wildman–Crippen MR) is 148 cm³/mol. The number of amides is 2. The van der Waals surface area contributed by atoms with Gasteiger partial charge < -0.3 is 16.0 Å². The van der Waals surface area contributed by atoms with Gasteiger partial charge in [-0.1, -0.05) is 66.7 Å². The molecule has 1 aliphatic heterocycles. The normalized spacial score (nSPS) is 13.5. The highest BCUT2D eigenvalue weighted by Crippen LogP contribution is 2.33. The van der Waals surface area contributed by atoms with Crippen LogP contribution >= 0.6 is 0 Å². The number of rotatable bonds is 7. The quantitative estimate of drug-likeness (QED) is 0.320. The lowest BCUT2D eigenvalue weighted by Crippen LogP contribution is -2.30. The Labute approximate surface area is 222 Å². The maximum absolute atomic E-state index is 15.7. The summed E-state index contributed by atoms with van der Waals surface area (Å²) >= 11 is 0. The van der Waals surface area contributed by atoms with Crippen LogP contribution in [-0.4, -0.2) is 18.4 Å². The molecule has 0 unspecified atom stereocenters. The number of carbonyl (C=O) groups excluding carboxylic acids is 2. The van der Waals surface area contributed by atoms with Crippen LogP contribution in [0.25, 0.3) is 11.1 Å². The number of anilines is 1. The molecular weight excluding hydrogens is 477 g/mol. The molecule has 38 heavy (non-hydrogen) atoms. The van der Waals surface area contributed by atoms with Crippen molar-refractivity contribution in [3.05, 3.63) is 125 Å². The van der Waals surface area contributed by atoms with Gasteiger partial charge in [-0.15, -0.1) is 0 Å². The zero-order valence-electron chi connectivity index (χ0n) is 21.3. The molecule has 1 heterocycles. The molecule has 192 valence electrons. The molecule has 0 bridgehead atoms. The summed E-state index contributed by atoms with van der Waals surface area (Å²) < 4.78 is 15.7. The second-order valence-corrected chi connectivity index (χ2v) is 9.66. The van der Waals surface area contributed by atoms with Crippen LogP contribution in [0.15, 0.2) is 91.0 Å². The molecule has 0 fully saturated rings. The molecule has 5 nitrogen and oxygen atoms in total. The van der Waals surface area contributed by atoms with E-state index in [1.54, 1.807) is 42.5 Å². The summed E-state index contributed by atoms with van der Waals surface area (Å²) in [6, 6.07) is 27.6. The SMILES string of the molecule is C[C@H](NC(=O)c1ccc2c(c1)CCCN2Cc1cccc(-c2ccccc2C(N)=O)c1F)c1ccccc1. The first-order chi connectivity index (χ1) is 18.4. The summed E-state index contributed by atoms with van der Waals surface area (Å²) in [4.78, 5) is 27.0. The van der Waals surface area contributed by atoms with E-state index >= 15 is 4.39 Å². The largest absolute Gasteiger partial charge is 0.367 e. The molecule has 0 radical (unpaired) electrons. The van der Waals surface area contributed by atoms with Gasteiger partial charge in [0.25, 0.3) is 5.91 Å². The Morgan fingerprint density at radius 1 is 0.947 bits per heavy atom. The highest BCUT2D eigenvalue weighted by molar-refractivity contribution is 6.00. The first kappa shape index (κ1) is 25.2. The van der Waals surface area contributed by atoms with Crippen LogP contribution in [0, 0.1) is 5.82 Å².